The molecule has 26 heavy (non-hydrogen) atoms. The van der Waals surface area contributed by atoms with Gasteiger partial charge >= 0.3 is 0 Å². The fraction of sp³-hybridized carbons (Fsp3) is 0.391. The largest absolute Gasteiger partial charge is 0.378 e. The number of ether oxygens (including phenoxy) is 1. The third-order valence-electron chi connectivity index (χ3n) is 5.92. The molecule has 0 saturated carbocycles. The minimum Gasteiger partial charge on any atom is -0.378 e. The maximum atomic E-state index is 6.50. The zero-order chi connectivity index (χ0) is 18.4. The van der Waals surface area contributed by atoms with E-state index in [1.54, 1.807) is 0 Å². The first-order valence-electron chi connectivity index (χ1n) is 9.43. The average molecular weight is 348 g/mol. The molecule has 2 aromatic rings. The molecule has 4 rings (SSSR count). The Morgan fingerprint density at radius 3 is 2.50 bits per heavy atom. The lowest BCUT2D eigenvalue weighted by Gasteiger charge is -2.48. The first kappa shape index (κ1) is 17.2. The predicted molar refractivity (Wildman–Crippen MR) is 110 cm³/mol. The molecule has 2 aliphatic rings. The smallest absolute Gasteiger partial charge is 0.169 e. The summed E-state index contributed by atoms with van der Waals surface area (Å²) in [6.45, 7) is 6.44. The second-order valence-electron chi connectivity index (χ2n) is 8.01. The van der Waals surface area contributed by atoms with Gasteiger partial charge in [0.15, 0.2) is 5.72 Å². The van der Waals surface area contributed by atoms with Gasteiger partial charge in [0, 0.05) is 37.4 Å². The van der Waals surface area contributed by atoms with Crippen molar-refractivity contribution in [1.82, 2.24) is 0 Å². The lowest BCUT2D eigenvalue weighted by molar-refractivity contribution is -0.0682. The van der Waals surface area contributed by atoms with Gasteiger partial charge in [-0.3, -0.25) is 0 Å². The molecule has 1 saturated heterocycles. The molecule has 2 aliphatic heterocycles. The Kier molecular flexibility index (Phi) is 4.07. The molecule has 0 spiro atoms. The first-order chi connectivity index (χ1) is 12.5. The number of anilines is 2. The van der Waals surface area contributed by atoms with E-state index in [2.05, 4.69) is 98.4 Å². The summed E-state index contributed by atoms with van der Waals surface area (Å²) in [7, 11) is 4.13. The molecule has 3 heteroatoms. The molecule has 0 aliphatic carbocycles. The zero-order valence-electron chi connectivity index (χ0n) is 16.2. The number of benzene rings is 2. The van der Waals surface area contributed by atoms with Gasteiger partial charge < -0.3 is 14.5 Å². The molecule has 2 aromatic carbocycles. The van der Waals surface area contributed by atoms with Crippen molar-refractivity contribution in [2.75, 3.05) is 37.0 Å². The Hall–Kier alpha value is -2.26. The number of hydrogen-bond acceptors (Lipinski definition) is 3. The van der Waals surface area contributed by atoms with E-state index in [0.29, 0.717) is 0 Å². The van der Waals surface area contributed by atoms with E-state index in [4.69, 9.17) is 4.74 Å². The molecular weight excluding hydrogens is 320 g/mol. The lowest BCUT2D eigenvalue weighted by Crippen LogP contribution is -2.59. The number of para-hydroxylation sites is 1. The molecular formula is C23H28N2O. The highest BCUT2D eigenvalue weighted by Crippen LogP contribution is 2.54. The van der Waals surface area contributed by atoms with E-state index in [9.17, 15) is 0 Å². The molecule has 1 atom stereocenters. The summed E-state index contributed by atoms with van der Waals surface area (Å²) in [6.07, 6.45) is 5.56. The standard InChI is InChI=1S/C23H28N2O/c1-22(2)20-8-5-6-9-21(20)25-16-7-17-26-23(22,25)15-14-18-10-12-19(13-11-18)24(3)4/h5-6,8-15H,7,16-17H2,1-4H3/b15-14+. The monoisotopic (exact) mass is 348 g/mol. The first-order valence-corrected chi connectivity index (χ1v) is 9.43. The van der Waals surface area contributed by atoms with E-state index >= 15 is 0 Å². The van der Waals surface area contributed by atoms with Gasteiger partial charge in [0.05, 0.1) is 6.61 Å². The topological polar surface area (TPSA) is 15.7 Å². The molecule has 0 N–H and O–H groups in total. The molecule has 2 heterocycles. The van der Waals surface area contributed by atoms with Crippen LogP contribution in [0.3, 0.4) is 0 Å². The van der Waals surface area contributed by atoms with Crippen LogP contribution >= 0.6 is 0 Å². The predicted octanol–water partition coefficient (Wildman–Crippen LogP) is 4.68. The number of hydrogen-bond donors (Lipinski definition) is 0. The van der Waals surface area contributed by atoms with Crippen LogP contribution in [0.15, 0.2) is 54.6 Å². The molecule has 0 aromatic heterocycles. The average Bonchev–Trinajstić information content (AvgIpc) is 2.86. The number of fused-ring (bicyclic) bond motifs is 3. The van der Waals surface area contributed by atoms with Crippen LogP contribution in [0.2, 0.25) is 0 Å². The Bertz CT molecular complexity index is 822. The summed E-state index contributed by atoms with van der Waals surface area (Å²) in [6, 6.07) is 17.4. The van der Waals surface area contributed by atoms with Crippen molar-refractivity contribution in [2.24, 2.45) is 0 Å². The van der Waals surface area contributed by atoms with Crippen molar-refractivity contribution in [3.05, 3.63) is 65.7 Å². The summed E-state index contributed by atoms with van der Waals surface area (Å²) in [5, 5.41) is 0. The third kappa shape index (κ3) is 2.45. The van der Waals surface area contributed by atoms with Crippen molar-refractivity contribution < 1.29 is 4.74 Å². The summed E-state index contributed by atoms with van der Waals surface area (Å²) < 4.78 is 6.50. The van der Waals surface area contributed by atoms with Gasteiger partial charge in [0.25, 0.3) is 0 Å². The van der Waals surface area contributed by atoms with E-state index in [-0.39, 0.29) is 5.41 Å². The maximum absolute atomic E-state index is 6.50. The van der Waals surface area contributed by atoms with Crippen LogP contribution in [-0.2, 0) is 10.2 Å². The normalized spacial score (nSPS) is 23.8. The fourth-order valence-electron chi connectivity index (χ4n) is 4.38. The summed E-state index contributed by atoms with van der Waals surface area (Å²) >= 11 is 0. The second kappa shape index (κ2) is 6.17. The van der Waals surface area contributed by atoms with Crippen LogP contribution in [0.1, 0.15) is 31.4 Å². The van der Waals surface area contributed by atoms with Gasteiger partial charge in [-0.1, -0.05) is 50.3 Å². The Morgan fingerprint density at radius 1 is 1.04 bits per heavy atom. The van der Waals surface area contributed by atoms with E-state index in [1.165, 1.54) is 22.5 Å². The maximum Gasteiger partial charge on any atom is 0.169 e. The SMILES string of the molecule is CN(C)c1ccc(/C=C/C23OCCCN2c2ccccc2C3(C)C)cc1. The van der Waals surface area contributed by atoms with Crippen molar-refractivity contribution in [3.8, 4) is 0 Å². The Labute approximate surface area is 156 Å². The van der Waals surface area contributed by atoms with Crippen molar-refractivity contribution >= 4 is 17.5 Å². The third-order valence-corrected chi connectivity index (χ3v) is 5.92. The van der Waals surface area contributed by atoms with Crippen LogP contribution in [0, 0.1) is 0 Å². The number of rotatable bonds is 3. The van der Waals surface area contributed by atoms with Crippen LogP contribution in [-0.4, -0.2) is 33.0 Å². The van der Waals surface area contributed by atoms with Gasteiger partial charge in [-0.25, -0.2) is 0 Å². The van der Waals surface area contributed by atoms with Gasteiger partial charge in [0.2, 0.25) is 0 Å². The van der Waals surface area contributed by atoms with Crippen molar-refractivity contribution in [3.63, 3.8) is 0 Å². The van der Waals surface area contributed by atoms with E-state index in [0.717, 1.165) is 19.6 Å². The Balaban J connectivity index is 1.73. The minimum atomic E-state index is -0.421. The highest BCUT2D eigenvalue weighted by Gasteiger charge is 2.57. The molecule has 0 bridgehead atoms. The van der Waals surface area contributed by atoms with E-state index < -0.39 is 5.72 Å². The van der Waals surface area contributed by atoms with Crippen molar-refractivity contribution in [2.45, 2.75) is 31.4 Å². The Morgan fingerprint density at radius 2 is 1.77 bits per heavy atom. The van der Waals surface area contributed by atoms with Gasteiger partial charge in [-0.2, -0.15) is 0 Å². The minimum absolute atomic E-state index is 0.107. The van der Waals surface area contributed by atoms with Gasteiger partial charge in [-0.05, 0) is 41.8 Å². The highest BCUT2D eigenvalue weighted by molar-refractivity contribution is 5.69. The van der Waals surface area contributed by atoms with Crippen LogP contribution < -0.4 is 9.80 Å². The van der Waals surface area contributed by atoms with Crippen LogP contribution in [0.25, 0.3) is 6.08 Å². The highest BCUT2D eigenvalue weighted by atomic mass is 16.5. The van der Waals surface area contributed by atoms with Crippen molar-refractivity contribution in [1.29, 1.82) is 0 Å². The second-order valence-corrected chi connectivity index (χ2v) is 8.01. The summed E-state index contributed by atoms with van der Waals surface area (Å²) in [5.74, 6) is 0. The van der Waals surface area contributed by atoms with Gasteiger partial charge in [0.1, 0.15) is 0 Å². The van der Waals surface area contributed by atoms with Crippen LogP contribution in [0.5, 0.6) is 0 Å². The zero-order valence-corrected chi connectivity index (χ0v) is 16.2. The molecule has 1 unspecified atom stereocenters. The van der Waals surface area contributed by atoms with Gasteiger partial charge in [-0.15, -0.1) is 0 Å². The summed E-state index contributed by atoms with van der Waals surface area (Å²) in [4.78, 5) is 4.57. The molecule has 1 fully saturated rings. The fourth-order valence-corrected chi connectivity index (χ4v) is 4.38. The van der Waals surface area contributed by atoms with E-state index in [1.807, 2.05) is 0 Å². The molecule has 0 radical (unpaired) electrons. The number of nitrogens with zero attached hydrogens (tertiary/aromatic N) is 2. The quantitative estimate of drug-likeness (QED) is 0.801. The molecule has 3 nitrogen and oxygen atoms in total. The molecule has 136 valence electrons. The van der Waals surface area contributed by atoms with Crippen LogP contribution in [0.4, 0.5) is 11.4 Å². The molecule has 0 amide bonds. The summed E-state index contributed by atoms with van der Waals surface area (Å²) in [5.41, 5.74) is 4.56. The lowest BCUT2D eigenvalue weighted by atomic mass is 9.76.